The summed E-state index contributed by atoms with van der Waals surface area (Å²) in [5.74, 6) is 0.718. The zero-order valence-electron chi connectivity index (χ0n) is 23.8. The summed E-state index contributed by atoms with van der Waals surface area (Å²) in [6, 6.07) is 8.52. The lowest BCUT2D eigenvalue weighted by atomic mass is 10.0. The molecule has 210 valence electrons. The minimum absolute atomic E-state index is 0.0628. The summed E-state index contributed by atoms with van der Waals surface area (Å²) in [7, 11) is 0. The van der Waals surface area contributed by atoms with E-state index in [0.717, 1.165) is 43.0 Å². The fraction of sp³-hybridized carbons (Fsp3) is 0.536. The summed E-state index contributed by atoms with van der Waals surface area (Å²) < 4.78 is 7.22. The highest BCUT2D eigenvalue weighted by Gasteiger charge is 2.25. The van der Waals surface area contributed by atoms with Gasteiger partial charge in [-0.15, -0.1) is 5.10 Å². The van der Waals surface area contributed by atoms with Crippen LogP contribution in [-0.4, -0.2) is 92.0 Å². The molecule has 39 heavy (non-hydrogen) atoms. The molecule has 1 N–H and O–H groups in total. The predicted octanol–water partition coefficient (Wildman–Crippen LogP) is 3.40. The van der Waals surface area contributed by atoms with Gasteiger partial charge in [-0.3, -0.25) is 9.69 Å². The number of piperazine rings is 1. The molecule has 1 saturated heterocycles. The maximum Gasteiger partial charge on any atom is 0.410 e. The summed E-state index contributed by atoms with van der Waals surface area (Å²) in [4.78, 5) is 37.9. The third kappa shape index (κ3) is 7.92. The first-order valence-electron chi connectivity index (χ1n) is 13.4. The van der Waals surface area contributed by atoms with Gasteiger partial charge in [-0.2, -0.15) is 4.98 Å². The van der Waals surface area contributed by atoms with Crippen molar-refractivity contribution >= 4 is 29.5 Å². The van der Waals surface area contributed by atoms with Crippen molar-refractivity contribution in [1.82, 2.24) is 34.7 Å². The molecule has 0 bridgehead atoms. The van der Waals surface area contributed by atoms with Gasteiger partial charge in [0.1, 0.15) is 5.60 Å². The molecule has 4 rings (SSSR count). The molecule has 0 spiro atoms. The fourth-order valence-corrected chi connectivity index (χ4v) is 5.08. The van der Waals surface area contributed by atoms with E-state index in [1.165, 1.54) is 22.9 Å². The van der Waals surface area contributed by atoms with E-state index < -0.39 is 5.60 Å². The number of nitrogens with one attached hydrogen (secondary N) is 1. The molecule has 1 aromatic carbocycles. The first-order chi connectivity index (χ1) is 18.5. The normalized spacial score (nSPS) is 14.6. The third-order valence-electron chi connectivity index (χ3n) is 6.64. The summed E-state index contributed by atoms with van der Waals surface area (Å²) in [6.07, 6.45) is 0.512. The lowest BCUT2D eigenvalue weighted by Crippen LogP contribution is -2.51. The van der Waals surface area contributed by atoms with Gasteiger partial charge < -0.3 is 15.0 Å². The van der Waals surface area contributed by atoms with Crippen molar-refractivity contribution in [3.63, 3.8) is 0 Å². The van der Waals surface area contributed by atoms with E-state index in [-0.39, 0.29) is 17.8 Å². The van der Waals surface area contributed by atoms with Crippen molar-refractivity contribution < 1.29 is 14.3 Å². The maximum absolute atomic E-state index is 12.5. The molecule has 11 heteroatoms. The second kappa shape index (κ2) is 12.3. The van der Waals surface area contributed by atoms with E-state index in [1.54, 1.807) is 9.42 Å². The number of thioether (sulfide) groups is 1. The average molecular weight is 554 g/mol. The Bertz CT molecular complexity index is 1310. The van der Waals surface area contributed by atoms with Crippen molar-refractivity contribution in [2.45, 2.75) is 58.7 Å². The number of fused-ring (bicyclic) bond motifs is 1. The van der Waals surface area contributed by atoms with Gasteiger partial charge in [-0.1, -0.05) is 41.6 Å². The Hall–Kier alpha value is -3.18. The van der Waals surface area contributed by atoms with E-state index in [9.17, 15) is 9.59 Å². The van der Waals surface area contributed by atoms with Crippen LogP contribution < -0.4 is 5.32 Å². The van der Waals surface area contributed by atoms with Crippen LogP contribution in [0.25, 0.3) is 5.78 Å². The summed E-state index contributed by atoms with van der Waals surface area (Å²) in [5.41, 5.74) is 5.05. The van der Waals surface area contributed by atoms with Crippen molar-refractivity contribution in [2.24, 2.45) is 0 Å². The highest BCUT2D eigenvalue weighted by atomic mass is 32.2. The molecule has 0 saturated carbocycles. The van der Waals surface area contributed by atoms with E-state index in [0.29, 0.717) is 30.6 Å². The second-order valence-electron chi connectivity index (χ2n) is 11.0. The standard InChI is InChI=1S/C28H39N7O3S/c1-19-7-9-22(10-8-19)17-23-20(2)30-25-31-26(32-35(25)21(23)3)39-18-24(36)29-11-12-33-13-15-34(16-14-33)27(37)38-28(4,5)6/h7-10H,11-18H2,1-6H3,(H,29,36). The van der Waals surface area contributed by atoms with Crippen LogP contribution in [0.2, 0.25) is 0 Å². The van der Waals surface area contributed by atoms with Gasteiger partial charge in [0.2, 0.25) is 11.1 Å². The molecule has 3 aromatic rings. The second-order valence-corrected chi connectivity index (χ2v) is 11.9. The molecule has 2 amide bonds. The van der Waals surface area contributed by atoms with Crippen LogP contribution in [0.1, 0.15) is 48.8 Å². The minimum Gasteiger partial charge on any atom is -0.444 e. The number of aryl methyl sites for hydroxylation is 3. The number of rotatable bonds is 8. The van der Waals surface area contributed by atoms with Gasteiger partial charge in [0.15, 0.2) is 0 Å². The monoisotopic (exact) mass is 553 g/mol. The number of amides is 2. The van der Waals surface area contributed by atoms with Crippen molar-refractivity contribution in [2.75, 3.05) is 45.0 Å². The number of ether oxygens (including phenoxy) is 1. The summed E-state index contributed by atoms with van der Waals surface area (Å²) in [5, 5.41) is 8.12. The number of carbonyl (C=O) groups is 2. The molecule has 10 nitrogen and oxygen atoms in total. The largest absolute Gasteiger partial charge is 0.444 e. The number of carbonyl (C=O) groups excluding carboxylic acids is 2. The quantitative estimate of drug-likeness (QED) is 0.423. The smallest absolute Gasteiger partial charge is 0.410 e. The Labute approximate surface area is 234 Å². The van der Waals surface area contributed by atoms with Gasteiger partial charge in [0.05, 0.1) is 5.75 Å². The Morgan fingerprint density at radius 3 is 2.38 bits per heavy atom. The third-order valence-corrected chi connectivity index (χ3v) is 7.48. The van der Waals surface area contributed by atoms with Crippen LogP contribution in [-0.2, 0) is 16.0 Å². The number of benzene rings is 1. The van der Waals surface area contributed by atoms with Gasteiger partial charge in [-0.25, -0.2) is 14.3 Å². The molecule has 2 aromatic heterocycles. The van der Waals surface area contributed by atoms with Gasteiger partial charge in [0, 0.05) is 57.1 Å². The van der Waals surface area contributed by atoms with Crippen LogP contribution in [0.3, 0.4) is 0 Å². The van der Waals surface area contributed by atoms with Gasteiger partial charge in [0.25, 0.3) is 5.78 Å². The van der Waals surface area contributed by atoms with Crippen LogP contribution in [0, 0.1) is 20.8 Å². The average Bonchev–Trinajstić information content (AvgIpc) is 3.29. The highest BCUT2D eigenvalue weighted by molar-refractivity contribution is 7.99. The molecule has 1 fully saturated rings. The first-order valence-corrected chi connectivity index (χ1v) is 14.4. The zero-order chi connectivity index (χ0) is 28.2. The molecular weight excluding hydrogens is 514 g/mol. The van der Waals surface area contributed by atoms with Gasteiger partial charge >= 0.3 is 6.09 Å². The van der Waals surface area contributed by atoms with Crippen molar-refractivity contribution in [3.8, 4) is 0 Å². The molecule has 1 aliphatic rings. The fourth-order valence-electron chi connectivity index (χ4n) is 4.43. The molecule has 0 radical (unpaired) electrons. The van der Waals surface area contributed by atoms with Crippen LogP contribution in [0.15, 0.2) is 29.4 Å². The number of nitrogens with zero attached hydrogens (tertiary/aromatic N) is 6. The Morgan fingerprint density at radius 1 is 1.03 bits per heavy atom. The van der Waals surface area contributed by atoms with Crippen LogP contribution in [0.4, 0.5) is 4.79 Å². The van der Waals surface area contributed by atoms with Crippen LogP contribution in [0.5, 0.6) is 0 Å². The molecule has 1 aliphatic heterocycles. The first kappa shape index (κ1) is 28.8. The Kier molecular flexibility index (Phi) is 9.12. The number of hydrogen-bond acceptors (Lipinski definition) is 8. The zero-order valence-corrected chi connectivity index (χ0v) is 24.6. The molecular formula is C28H39N7O3S. The van der Waals surface area contributed by atoms with Crippen LogP contribution >= 0.6 is 11.8 Å². The molecule has 0 aliphatic carbocycles. The van der Waals surface area contributed by atoms with E-state index in [4.69, 9.17) is 4.74 Å². The molecule has 0 atom stereocenters. The van der Waals surface area contributed by atoms with Gasteiger partial charge in [-0.05, 0) is 52.7 Å². The molecule has 0 unspecified atom stereocenters. The van der Waals surface area contributed by atoms with Crippen molar-refractivity contribution in [1.29, 1.82) is 0 Å². The Morgan fingerprint density at radius 2 is 1.72 bits per heavy atom. The topological polar surface area (TPSA) is 105 Å². The van der Waals surface area contributed by atoms with Crippen molar-refractivity contribution in [3.05, 3.63) is 52.3 Å². The van der Waals surface area contributed by atoms with E-state index in [2.05, 4.69) is 56.5 Å². The number of aromatic nitrogens is 4. The Balaban J connectivity index is 1.23. The molecule has 3 heterocycles. The minimum atomic E-state index is -0.492. The van der Waals surface area contributed by atoms with E-state index in [1.807, 2.05) is 34.6 Å². The number of hydrogen-bond donors (Lipinski definition) is 1. The lowest BCUT2D eigenvalue weighted by Gasteiger charge is -2.35. The maximum atomic E-state index is 12.5. The summed E-state index contributed by atoms with van der Waals surface area (Å²) >= 11 is 1.31. The van der Waals surface area contributed by atoms with E-state index >= 15 is 0 Å². The SMILES string of the molecule is Cc1ccc(Cc2c(C)nc3nc(SCC(=O)NCCN4CCN(C(=O)OC(C)(C)C)CC4)nn3c2C)cc1. The predicted molar refractivity (Wildman–Crippen MR) is 152 cm³/mol. The summed E-state index contributed by atoms with van der Waals surface area (Å²) in [6.45, 7) is 15.8. The highest BCUT2D eigenvalue weighted by Crippen LogP contribution is 2.21. The lowest BCUT2D eigenvalue weighted by molar-refractivity contribution is -0.118.